The van der Waals surface area contributed by atoms with Gasteiger partial charge in [0, 0.05) is 31.9 Å². The summed E-state index contributed by atoms with van der Waals surface area (Å²) in [4.78, 5) is 27.5. The van der Waals surface area contributed by atoms with Crippen LogP contribution in [0.5, 0.6) is 5.75 Å². The molecule has 0 unspecified atom stereocenters. The van der Waals surface area contributed by atoms with Crippen molar-refractivity contribution in [3.8, 4) is 17.1 Å². The number of benzene rings is 1. The monoisotopic (exact) mass is 403 g/mol. The number of nitrogens with zero attached hydrogens (tertiary/aromatic N) is 5. The number of hydrogen-bond acceptors (Lipinski definition) is 6. The highest BCUT2D eigenvalue weighted by molar-refractivity contribution is 6.11. The maximum Gasteiger partial charge on any atom is 0.259 e. The lowest BCUT2D eigenvalue weighted by Gasteiger charge is -2.26. The highest BCUT2D eigenvalue weighted by Gasteiger charge is 2.20. The number of para-hydroxylation sites is 1. The first kappa shape index (κ1) is 18.2. The number of carbonyl (C=O) groups excluding carboxylic acids is 1. The molecule has 0 fully saturated rings. The Morgan fingerprint density at radius 2 is 2.13 bits per heavy atom. The molecule has 1 amide bonds. The number of aryl methyl sites for hydroxylation is 2. The molecule has 2 N–H and O–H groups in total. The highest BCUT2D eigenvalue weighted by Crippen LogP contribution is 2.32. The van der Waals surface area contributed by atoms with Crippen LogP contribution in [0.1, 0.15) is 16.1 Å². The fourth-order valence-corrected chi connectivity index (χ4v) is 3.62. The number of hydrogen-bond donors (Lipinski definition) is 2. The van der Waals surface area contributed by atoms with Crippen LogP contribution in [0, 0.1) is 6.92 Å². The number of amides is 1. The third-order valence-electron chi connectivity index (χ3n) is 5.15. The summed E-state index contributed by atoms with van der Waals surface area (Å²) in [6.07, 6.45) is 1.76. The standard InChI is InChI=1S/C21H21N7O2/c1-12-9-17(28(3)26-12)24-21(29)14-5-4-6-15-18(14)25-19(23-15)13-10-16-20(22-11-13)27(2)7-8-30-16/h4-6,9-11H,7-8H2,1-3H3,(H,23,25)(H,24,29). The van der Waals surface area contributed by atoms with Gasteiger partial charge in [0.2, 0.25) is 0 Å². The molecule has 0 aliphatic carbocycles. The van der Waals surface area contributed by atoms with Crippen LogP contribution in [-0.4, -0.2) is 50.8 Å². The number of aromatic nitrogens is 5. The zero-order valence-corrected chi connectivity index (χ0v) is 16.9. The molecule has 152 valence electrons. The minimum absolute atomic E-state index is 0.241. The summed E-state index contributed by atoms with van der Waals surface area (Å²) >= 11 is 0. The van der Waals surface area contributed by atoms with E-state index in [4.69, 9.17) is 9.72 Å². The molecule has 0 radical (unpaired) electrons. The average Bonchev–Trinajstić information content (AvgIpc) is 3.30. The number of rotatable bonds is 3. The fourth-order valence-electron chi connectivity index (χ4n) is 3.62. The van der Waals surface area contributed by atoms with Crippen molar-refractivity contribution in [1.82, 2.24) is 24.7 Å². The van der Waals surface area contributed by atoms with Gasteiger partial charge in [-0.15, -0.1) is 0 Å². The summed E-state index contributed by atoms with van der Waals surface area (Å²) in [5, 5.41) is 7.17. The molecule has 0 saturated carbocycles. The molecule has 9 nitrogen and oxygen atoms in total. The number of fused-ring (bicyclic) bond motifs is 2. The van der Waals surface area contributed by atoms with E-state index >= 15 is 0 Å². The van der Waals surface area contributed by atoms with E-state index in [2.05, 4.69) is 25.3 Å². The molecule has 4 aromatic rings. The number of likely N-dealkylation sites (N-methyl/N-ethyl adjacent to an activating group) is 1. The minimum Gasteiger partial charge on any atom is -0.488 e. The van der Waals surface area contributed by atoms with Gasteiger partial charge in [-0.3, -0.25) is 9.48 Å². The second-order valence-electron chi connectivity index (χ2n) is 7.35. The van der Waals surface area contributed by atoms with Gasteiger partial charge in [0.25, 0.3) is 5.91 Å². The molecule has 9 heteroatoms. The normalized spacial score (nSPS) is 13.2. The van der Waals surface area contributed by atoms with Crippen LogP contribution < -0.4 is 15.0 Å². The van der Waals surface area contributed by atoms with Crippen LogP contribution in [0.3, 0.4) is 0 Å². The number of imidazole rings is 1. The number of carbonyl (C=O) groups is 1. The molecule has 0 saturated heterocycles. The molecule has 30 heavy (non-hydrogen) atoms. The van der Waals surface area contributed by atoms with E-state index in [-0.39, 0.29) is 5.91 Å². The average molecular weight is 403 g/mol. The van der Waals surface area contributed by atoms with Crippen LogP contribution in [-0.2, 0) is 7.05 Å². The Bertz CT molecular complexity index is 1270. The molecule has 5 rings (SSSR count). The lowest BCUT2D eigenvalue weighted by molar-refractivity contribution is 0.102. The van der Waals surface area contributed by atoms with Crippen molar-refractivity contribution in [1.29, 1.82) is 0 Å². The zero-order chi connectivity index (χ0) is 20.8. The van der Waals surface area contributed by atoms with E-state index in [0.717, 1.165) is 34.9 Å². The van der Waals surface area contributed by atoms with Gasteiger partial charge >= 0.3 is 0 Å². The molecule has 1 aliphatic rings. The van der Waals surface area contributed by atoms with E-state index in [1.165, 1.54) is 0 Å². The van der Waals surface area contributed by atoms with Gasteiger partial charge in [-0.25, -0.2) is 9.97 Å². The van der Waals surface area contributed by atoms with Crippen LogP contribution in [0.25, 0.3) is 22.4 Å². The van der Waals surface area contributed by atoms with Gasteiger partial charge < -0.3 is 19.9 Å². The van der Waals surface area contributed by atoms with Crippen molar-refractivity contribution in [2.24, 2.45) is 7.05 Å². The van der Waals surface area contributed by atoms with Gasteiger partial charge in [-0.05, 0) is 25.1 Å². The van der Waals surface area contributed by atoms with Crippen molar-refractivity contribution >= 4 is 28.6 Å². The number of ether oxygens (including phenoxy) is 1. The summed E-state index contributed by atoms with van der Waals surface area (Å²) in [6, 6.07) is 9.23. The van der Waals surface area contributed by atoms with Crippen LogP contribution >= 0.6 is 0 Å². The molecular formula is C21H21N7O2. The first-order valence-electron chi connectivity index (χ1n) is 9.64. The van der Waals surface area contributed by atoms with Gasteiger partial charge in [-0.1, -0.05) is 6.07 Å². The quantitative estimate of drug-likeness (QED) is 0.546. The third kappa shape index (κ3) is 3.04. The first-order valence-corrected chi connectivity index (χ1v) is 9.64. The van der Waals surface area contributed by atoms with Crippen LogP contribution in [0.2, 0.25) is 0 Å². The summed E-state index contributed by atoms with van der Waals surface area (Å²) in [5.74, 6) is 2.56. The number of H-pyrrole nitrogens is 1. The lowest BCUT2D eigenvalue weighted by atomic mass is 10.1. The van der Waals surface area contributed by atoms with Crippen LogP contribution in [0.4, 0.5) is 11.6 Å². The molecule has 3 aromatic heterocycles. The van der Waals surface area contributed by atoms with Gasteiger partial charge in [0.05, 0.1) is 23.3 Å². The second-order valence-corrected chi connectivity index (χ2v) is 7.35. The van der Waals surface area contributed by atoms with Crippen molar-refractivity contribution in [3.05, 3.63) is 47.8 Å². The molecule has 4 heterocycles. The summed E-state index contributed by atoms with van der Waals surface area (Å²) in [6.45, 7) is 3.30. The van der Waals surface area contributed by atoms with E-state index in [1.807, 2.05) is 38.2 Å². The van der Waals surface area contributed by atoms with E-state index in [9.17, 15) is 4.79 Å². The largest absolute Gasteiger partial charge is 0.488 e. The molecule has 1 aromatic carbocycles. The lowest BCUT2D eigenvalue weighted by Crippen LogP contribution is -2.29. The van der Waals surface area contributed by atoms with E-state index < -0.39 is 0 Å². The maximum absolute atomic E-state index is 12.9. The zero-order valence-electron chi connectivity index (χ0n) is 16.9. The summed E-state index contributed by atoms with van der Waals surface area (Å²) in [7, 11) is 3.78. The van der Waals surface area contributed by atoms with Gasteiger partial charge in [0.1, 0.15) is 23.8 Å². The molecule has 0 spiro atoms. The van der Waals surface area contributed by atoms with Crippen molar-refractivity contribution in [2.75, 3.05) is 30.4 Å². The van der Waals surface area contributed by atoms with E-state index in [1.54, 1.807) is 24.0 Å². The molecule has 1 aliphatic heterocycles. The topological polar surface area (TPSA) is 101 Å². The third-order valence-corrected chi connectivity index (χ3v) is 5.15. The SMILES string of the molecule is Cc1cc(NC(=O)c2cccc3[nH]c(-c4cnc5c(c4)OCCN5C)nc23)n(C)n1. The number of pyridine rings is 1. The second kappa shape index (κ2) is 6.87. The van der Waals surface area contributed by atoms with Gasteiger partial charge in [0.15, 0.2) is 11.6 Å². The number of nitrogens with one attached hydrogen (secondary N) is 2. The van der Waals surface area contributed by atoms with Gasteiger partial charge in [-0.2, -0.15) is 5.10 Å². The fraction of sp³-hybridized carbons (Fsp3) is 0.238. The number of anilines is 2. The molecule has 0 atom stereocenters. The van der Waals surface area contributed by atoms with E-state index in [0.29, 0.717) is 29.3 Å². The molecular weight excluding hydrogens is 382 g/mol. The highest BCUT2D eigenvalue weighted by atomic mass is 16.5. The Morgan fingerprint density at radius 3 is 2.93 bits per heavy atom. The van der Waals surface area contributed by atoms with Crippen molar-refractivity contribution in [3.63, 3.8) is 0 Å². The molecule has 0 bridgehead atoms. The first-order chi connectivity index (χ1) is 14.5. The minimum atomic E-state index is -0.241. The Labute approximate surface area is 172 Å². The maximum atomic E-state index is 12.9. The predicted octanol–water partition coefficient (Wildman–Crippen LogP) is 2.75. The summed E-state index contributed by atoms with van der Waals surface area (Å²) < 4.78 is 7.39. The van der Waals surface area contributed by atoms with Crippen LogP contribution in [0.15, 0.2) is 36.5 Å². The summed E-state index contributed by atoms with van der Waals surface area (Å²) in [5.41, 5.74) is 3.49. The van der Waals surface area contributed by atoms with Crippen molar-refractivity contribution < 1.29 is 9.53 Å². The Hall–Kier alpha value is -3.88. The Morgan fingerprint density at radius 1 is 1.27 bits per heavy atom. The predicted molar refractivity (Wildman–Crippen MR) is 114 cm³/mol. The van der Waals surface area contributed by atoms with Crippen molar-refractivity contribution in [2.45, 2.75) is 6.92 Å². The Kier molecular flexibility index (Phi) is 4.16. The smallest absolute Gasteiger partial charge is 0.259 e. The number of aromatic amines is 1. The Balaban J connectivity index is 1.51.